The van der Waals surface area contributed by atoms with Gasteiger partial charge in [0.25, 0.3) is 0 Å². The summed E-state index contributed by atoms with van der Waals surface area (Å²) in [6, 6.07) is 4.49. The second-order valence-electron chi connectivity index (χ2n) is 4.86. The van der Waals surface area contributed by atoms with Gasteiger partial charge in [-0.2, -0.15) is 0 Å². The van der Waals surface area contributed by atoms with Gasteiger partial charge >= 0.3 is 0 Å². The summed E-state index contributed by atoms with van der Waals surface area (Å²) in [4.78, 5) is 2.22. The molecule has 0 spiro atoms. The lowest BCUT2D eigenvalue weighted by atomic mass is 10.0. The van der Waals surface area contributed by atoms with Crippen molar-refractivity contribution >= 4 is 0 Å². The molecule has 1 aromatic rings. The number of hydrogen-bond acceptors (Lipinski definition) is 3. The minimum absolute atomic E-state index is 0.188. The van der Waals surface area contributed by atoms with Crippen molar-refractivity contribution in [1.82, 2.24) is 4.90 Å². The lowest BCUT2D eigenvalue weighted by molar-refractivity contribution is 0.126. The van der Waals surface area contributed by atoms with E-state index >= 15 is 0 Å². The number of benzene rings is 1. The summed E-state index contributed by atoms with van der Waals surface area (Å²) in [5.41, 5.74) is 5.31. The van der Waals surface area contributed by atoms with Crippen molar-refractivity contribution in [3.63, 3.8) is 0 Å². The molecular weight excluding hydrogens is 226 g/mol. The molecule has 18 heavy (non-hydrogen) atoms. The van der Waals surface area contributed by atoms with Gasteiger partial charge in [-0.15, -0.1) is 0 Å². The number of aliphatic hydroxyl groups excluding tert-OH is 1. The molecular formula is C15H25NO2. The average molecular weight is 251 g/mol. The van der Waals surface area contributed by atoms with E-state index in [0.29, 0.717) is 13.2 Å². The van der Waals surface area contributed by atoms with Crippen LogP contribution in [0.15, 0.2) is 12.1 Å². The molecule has 102 valence electrons. The lowest BCUT2D eigenvalue weighted by Crippen LogP contribution is -2.30. The Morgan fingerprint density at radius 1 is 1.06 bits per heavy atom. The number of aryl methyl sites for hydroxylation is 3. The number of rotatable bonds is 7. The highest BCUT2D eigenvalue weighted by molar-refractivity contribution is 5.36. The highest BCUT2D eigenvalue weighted by atomic mass is 16.5. The fraction of sp³-hybridized carbons (Fsp3) is 0.600. The maximum atomic E-state index is 9.10. The van der Waals surface area contributed by atoms with Crippen LogP contribution < -0.4 is 0 Å². The predicted octanol–water partition coefficient (Wildman–Crippen LogP) is 2.05. The molecule has 0 fully saturated rings. The van der Waals surface area contributed by atoms with Gasteiger partial charge in [-0.05, 0) is 43.0 Å². The van der Waals surface area contributed by atoms with E-state index in [2.05, 4.69) is 37.8 Å². The standard InChI is InChI=1S/C15H25NO2/c1-12-9-14(3)15(10-13(12)2)11-16(5-7-17)6-8-18-4/h9-10,17H,5-8,11H2,1-4H3. The van der Waals surface area contributed by atoms with Gasteiger partial charge in [-0.1, -0.05) is 12.1 Å². The van der Waals surface area contributed by atoms with Crippen molar-refractivity contribution in [3.8, 4) is 0 Å². The number of ether oxygens (including phenoxy) is 1. The zero-order chi connectivity index (χ0) is 13.5. The maximum absolute atomic E-state index is 9.10. The highest BCUT2D eigenvalue weighted by Gasteiger charge is 2.08. The Kier molecular flexibility index (Phi) is 6.33. The van der Waals surface area contributed by atoms with E-state index in [9.17, 15) is 0 Å². The van der Waals surface area contributed by atoms with Crippen LogP contribution in [0.25, 0.3) is 0 Å². The summed E-state index contributed by atoms with van der Waals surface area (Å²) in [7, 11) is 1.71. The molecule has 3 nitrogen and oxygen atoms in total. The molecule has 0 unspecified atom stereocenters. The molecule has 0 saturated heterocycles. The van der Waals surface area contributed by atoms with E-state index in [0.717, 1.165) is 13.1 Å². The number of methoxy groups -OCH3 is 1. The molecule has 0 heterocycles. The van der Waals surface area contributed by atoms with E-state index in [4.69, 9.17) is 9.84 Å². The summed E-state index contributed by atoms with van der Waals surface area (Å²) in [5, 5.41) is 9.10. The first-order valence-electron chi connectivity index (χ1n) is 6.47. The Bertz CT molecular complexity index is 377. The van der Waals surface area contributed by atoms with E-state index < -0.39 is 0 Å². The van der Waals surface area contributed by atoms with Gasteiger partial charge in [-0.25, -0.2) is 0 Å². The van der Waals surface area contributed by atoms with Crippen LogP contribution in [0.5, 0.6) is 0 Å². The van der Waals surface area contributed by atoms with Gasteiger partial charge in [0.2, 0.25) is 0 Å². The van der Waals surface area contributed by atoms with E-state index in [1.54, 1.807) is 7.11 Å². The van der Waals surface area contributed by atoms with Crippen molar-refractivity contribution in [2.45, 2.75) is 27.3 Å². The first-order valence-corrected chi connectivity index (χ1v) is 6.47. The molecule has 3 heteroatoms. The minimum atomic E-state index is 0.188. The fourth-order valence-electron chi connectivity index (χ4n) is 2.06. The molecule has 0 bridgehead atoms. The van der Waals surface area contributed by atoms with Crippen LogP contribution in [-0.2, 0) is 11.3 Å². The molecule has 1 N–H and O–H groups in total. The average Bonchev–Trinajstić information content (AvgIpc) is 2.33. The smallest absolute Gasteiger partial charge is 0.0589 e. The fourth-order valence-corrected chi connectivity index (χ4v) is 2.06. The third-order valence-corrected chi connectivity index (χ3v) is 3.37. The van der Waals surface area contributed by atoms with Crippen LogP contribution in [0, 0.1) is 20.8 Å². The Morgan fingerprint density at radius 2 is 1.72 bits per heavy atom. The van der Waals surface area contributed by atoms with Gasteiger partial charge in [0.05, 0.1) is 13.2 Å². The Hall–Kier alpha value is -0.900. The molecule has 0 aromatic heterocycles. The van der Waals surface area contributed by atoms with Gasteiger partial charge in [0.15, 0.2) is 0 Å². The van der Waals surface area contributed by atoms with Crippen molar-refractivity contribution in [3.05, 3.63) is 34.4 Å². The SMILES string of the molecule is COCCN(CCO)Cc1cc(C)c(C)cc1C. The quantitative estimate of drug-likeness (QED) is 0.805. The predicted molar refractivity (Wildman–Crippen MR) is 74.9 cm³/mol. The monoisotopic (exact) mass is 251 g/mol. The first-order chi connectivity index (χ1) is 8.58. The normalized spacial score (nSPS) is 11.2. The van der Waals surface area contributed by atoms with Gasteiger partial charge < -0.3 is 9.84 Å². The van der Waals surface area contributed by atoms with Crippen molar-refractivity contribution < 1.29 is 9.84 Å². The van der Waals surface area contributed by atoms with Gasteiger partial charge in [0, 0.05) is 26.7 Å². The van der Waals surface area contributed by atoms with Crippen LogP contribution in [0.3, 0.4) is 0 Å². The molecule has 0 saturated carbocycles. The van der Waals surface area contributed by atoms with Gasteiger partial charge in [-0.3, -0.25) is 4.90 Å². The summed E-state index contributed by atoms with van der Waals surface area (Å²) in [5.74, 6) is 0. The zero-order valence-electron chi connectivity index (χ0n) is 12.0. The molecule has 0 radical (unpaired) electrons. The third-order valence-electron chi connectivity index (χ3n) is 3.37. The molecule has 0 aliphatic carbocycles. The van der Waals surface area contributed by atoms with Crippen LogP contribution in [0.1, 0.15) is 22.3 Å². The largest absolute Gasteiger partial charge is 0.395 e. The van der Waals surface area contributed by atoms with Crippen LogP contribution in [0.2, 0.25) is 0 Å². The number of aliphatic hydroxyl groups is 1. The van der Waals surface area contributed by atoms with Crippen LogP contribution in [0.4, 0.5) is 0 Å². The van der Waals surface area contributed by atoms with Crippen LogP contribution in [-0.4, -0.2) is 43.4 Å². The molecule has 0 atom stereocenters. The number of hydrogen-bond donors (Lipinski definition) is 1. The first kappa shape index (κ1) is 15.2. The zero-order valence-corrected chi connectivity index (χ0v) is 12.0. The molecule has 1 aromatic carbocycles. The second-order valence-corrected chi connectivity index (χ2v) is 4.86. The summed E-state index contributed by atoms with van der Waals surface area (Å²) >= 11 is 0. The van der Waals surface area contributed by atoms with Crippen molar-refractivity contribution in [2.24, 2.45) is 0 Å². The Labute approximate surface area is 110 Å². The highest BCUT2D eigenvalue weighted by Crippen LogP contribution is 2.17. The molecule has 1 rings (SSSR count). The third kappa shape index (κ3) is 4.41. The molecule has 0 aliphatic heterocycles. The summed E-state index contributed by atoms with van der Waals surface area (Å²) in [6.45, 7) is 9.73. The maximum Gasteiger partial charge on any atom is 0.0589 e. The lowest BCUT2D eigenvalue weighted by Gasteiger charge is -2.22. The topological polar surface area (TPSA) is 32.7 Å². The van der Waals surface area contributed by atoms with Gasteiger partial charge in [0.1, 0.15) is 0 Å². The van der Waals surface area contributed by atoms with Crippen LogP contribution >= 0.6 is 0 Å². The van der Waals surface area contributed by atoms with Crippen molar-refractivity contribution in [2.75, 3.05) is 33.4 Å². The second kappa shape index (κ2) is 7.52. The van der Waals surface area contributed by atoms with E-state index in [1.165, 1.54) is 22.3 Å². The Morgan fingerprint density at radius 3 is 2.33 bits per heavy atom. The van der Waals surface area contributed by atoms with Crippen molar-refractivity contribution in [1.29, 1.82) is 0 Å². The minimum Gasteiger partial charge on any atom is -0.395 e. The van der Waals surface area contributed by atoms with E-state index in [1.807, 2.05) is 0 Å². The number of nitrogens with zero attached hydrogens (tertiary/aromatic N) is 1. The summed E-state index contributed by atoms with van der Waals surface area (Å²) in [6.07, 6.45) is 0. The summed E-state index contributed by atoms with van der Waals surface area (Å²) < 4.78 is 5.11. The van der Waals surface area contributed by atoms with E-state index in [-0.39, 0.29) is 6.61 Å². The molecule has 0 amide bonds. The molecule has 0 aliphatic rings. The Balaban J connectivity index is 2.76.